The first kappa shape index (κ1) is 35.6. The Kier molecular flexibility index (Phi) is 11.7. The molecule has 9 nitrogen and oxygen atoms in total. The molecule has 1 aliphatic rings. The highest BCUT2D eigenvalue weighted by molar-refractivity contribution is 5.88. The molecule has 1 aromatic heterocycles. The van der Waals surface area contributed by atoms with E-state index in [0.717, 1.165) is 39.1 Å². The summed E-state index contributed by atoms with van der Waals surface area (Å²) in [6, 6.07) is 26.0. The first-order valence-electron chi connectivity index (χ1n) is 16.9. The molecule has 0 saturated carbocycles. The number of benzene rings is 3. The van der Waals surface area contributed by atoms with Crippen LogP contribution in [-0.4, -0.2) is 71.6 Å². The van der Waals surface area contributed by atoms with E-state index < -0.39 is 24.5 Å². The van der Waals surface area contributed by atoms with Crippen molar-refractivity contribution in [3.8, 4) is 16.9 Å². The number of nitrogens with zero attached hydrogens (tertiary/aromatic N) is 3. The first-order valence-corrected chi connectivity index (χ1v) is 16.9. The van der Waals surface area contributed by atoms with Crippen LogP contribution in [0.3, 0.4) is 0 Å². The van der Waals surface area contributed by atoms with Crippen molar-refractivity contribution in [1.82, 2.24) is 14.8 Å². The van der Waals surface area contributed by atoms with Crippen LogP contribution in [0.1, 0.15) is 62.9 Å². The summed E-state index contributed by atoms with van der Waals surface area (Å²) in [6.07, 6.45) is 2.37. The zero-order valence-corrected chi connectivity index (χ0v) is 29.3. The van der Waals surface area contributed by atoms with Crippen molar-refractivity contribution in [3.05, 3.63) is 120 Å². The van der Waals surface area contributed by atoms with Gasteiger partial charge in [0, 0.05) is 38.6 Å². The molecule has 2 amide bonds. The van der Waals surface area contributed by atoms with E-state index in [1.807, 2.05) is 107 Å². The molecule has 0 fully saturated rings. The Labute approximate surface area is 289 Å². The molecule has 9 heteroatoms. The number of aromatic nitrogens is 1. The fraction of sp³-hybridized carbons (Fsp3) is 0.375. The molecular formula is C40H47N3O6. The normalized spacial score (nSPS) is 13.0. The minimum Gasteiger partial charge on any atom is -0.488 e. The third-order valence-electron chi connectivity index (χ3n) is 8.37. The summed E-state index contributed by atoms with van der Waals surface area (Å²) in [7, 11) is 1.36. The number of rotatable bonds is 14. The molecule has 258 valence electrons. The van der Waals surface area contributed by atoms with E-state index in [9.17, 15) is 4.79 Å². The van der Waals surface area contributed by atoms with Crippen molar-refractivity contribution in [2.45, 2.75) is 71.6 Å². The van der Waals surface area contributed by atoms with E-state index in [1.165, 1.54) is 7.11 Å². The Morgan fingerprint density at radius 3 is 1.90 bits per heavy atom. The van der Waals surface area contributed by atoms with Crippen LogP contribution in [0.25, 0.3) is 11.1 Å². The van der Waals surface area contributed by atoms with Crippen molar-refractivity contribution in [2.24, 2.45) is 0 Å². The Hall–Kier alpha value is -4.73. The van der Waals surface area contributed by atoms with Crippen LogP contribution in [0.5, 0.6) is 5.75 Å². The molecule has 5 rings (SSSR count). The first-order chi connectivity index (χ1) is 23.6. The van der Waals surface area contributed by atoms with Gasteiger partial charge in [0.1, 0.15) is 17.4 Å². The van der Waals surface area contributed by atoms with Crippen LogP contribution in [-0.2, 0) is 32.0 Å². The van der Waals surface area contributed by atoms with Gasteiger partial charge in [0.25, 0.3) is 0 Å². The van der Waals surface area contributed by atoms with Gasteiger partial charge in [0.15, 0.2) is 6.29 Å². The molecule has 0 aliphatic heterocycles. The number of amides is 2. The molecule has 1 atom stereocenters. The van der Waals surface area contributed by atoms with Gasteiger partial charge in [-0.3, -0.25) is 14.7 Å². The van der Waals surface area contributed by atoms with Gasteiger partial charge in [-0.2, -0.15) is 0 Å². The second-order valence-corrected chi connectivity index (χ2v) is 12.9. The van der Waals surface area contributed by atoms with Crippen LogP contribution in [0.4, 0.5) is 4.79 Å². The van der Waals surface area contributed by atoms with E-state index in [1.54, 1.807) is 22.2 Å². The highest BCUT2D eigenvalue weighted by atomic mass is 16.7. The van der Waals surface area contributed by atoms with Crippen molar-refractivity contribution in [1.29, 1.82) is 0 Å². The molecule has 1 heterocycles. The summed E-state index contributed by atoms with van der Waals surface area (Å²) >= 11 is 0. The minimum atomic E-state index is -0.961. The lowest BCUT2D eigenvalue weighted by Gasteiger charge is -2.39. The number of pyridine rings is 1. The summed E-state index contributed by atoms with van der Waals surface area (Å²) in [5, 5.41) is 0. The van der Waals surface area contributed by atoms with Crippen molar-refractivity contribution in [2.75, 3.05) is 26.9 Å². The quantitative estimate of drug-likeness (QED) is 0.129. The summed E-state index contributed by atoms with van der Waals surface area (Å²) in [4.78, 5) is 36.8. The number of fused-ring (bicyclic) bond motifs is 3. The molecule has 0 radical (unpaired) electrons. The van der Waals surface area contributed by atoms with E-state index >= 15 is 4.79 Å². The van der Waals surface area contributed by atoms with Gasteiger partial charge in [-0.05, 0) is 92.3 Å². The maximum atomic E-state index is 15.2. The highest BCUT2D eigenvalue weighted by Crippen LogP contribution is 2.47. The maximum Gasteiger partial charge on any atom is 0.410 e. The Morgan fingerprint density at radius 2 is 1.37 bits per heavy atom. The van der Waals surface area contributed by atoms with Gasteiger partial charge >= 0.3 is 6.09 Å². The Morgan fingerprint density at radius 1 is 0.796 bits per heavy atom. The molecular weight excluding hydrogens is 618 g/mol. The topological polar surface area (TPSA) is 90.4 Å². The van der Waals surface area contributed by atoms with Crippen molar-refractivity contribution >= 4 is 12.0 Å². The second kappa shape index (κ2) is 16.1. The molecule has 1 aliphatic carbocycles. The molecule has 3 aromatic carbocycles. The maximum absolute atomic E-state index is 15.2. The molecule has 0 spiro atoms. The van der Waals surface area contributed by atoms with Crippen LogP contribution in [0.2, 0.25) is 0 Å². The summed E-state index contributed by atoms with van der Waals surface area (Å²) in [5.41, 5.74) is 5.30. The predicted octanol–water partition coefficient (Wildman–Crippen LogP) is 7.44. The molecule has 0 N–H and O–H groups in total. The molecule has 4 aromatic rings. The van der Waals surface area contributed by atoms with Crippen LogP contribution < -0.4 is 4.74 Å². The van der Waals surface area contributed by atoms with Crippen molar-refractivity contribution < 1.29 is 28.5 Å². The van der Waals surface area contributed by atoms with Crippen LogP contribution >= 0.6 is 0 Å². The highest BCUT2D eigenvalue weighted by Gasteiger charge is 2.43. The Balaban J connectivity index is 1.63. The van der Waals surface area contributed by atoms with Gasteiger partial charge in [0.2, 0.25) is 5.91 Å². The predicted molar refractivity (Wildman–Crippen MR) is 189 cm³/mol. The van der Waals surface area contributed by atoms with Crippen LogP contribution in [0.15, 0.2) is 97.3 Å². The number of ether oxygens (including phenoxy) is 4. The smallest absolute Gasteiger partial charge is 0.410 e. The van der Waals surface area contributed by atoms with Gasteiger partial charge in [0.05, 0.1) is 19.7 Å². The summed E-state index contributed by atoms with van der Waals surface area (Å²) < 4.78 is 23.4. The van der Waals surface area contributed by atoms with E-state index in [2.05, 4.69) is 17.1 Å². The summed E-state index contributed by atoms with van der Waals surface area (Å²) in [5.74, 6) is 0.460. The molecule has 0 bridgehead atoms. The summed E-state index contributed by atoms with van der Waals surface area (Å²) in [6.45, 7) is 11.0. The molecule has 49 heavy (non-hydrogen) atoms. The number of methoxy groups -OCH3 is 1. The largest absolute Gasteiger partial charge is 0.488 e. The lowest BCUT2D eigenvalue weighted by Crippen LogP contribution is -2.54. The zero-order valence-electron chi connectivity index (χ0n) is 29.3. The van der Waals surface area contributed by atoms with Crippen molar-refractivity contribution in [3.63, 3.8) is 0 Å². The van der Waals surface area contributed by atoms with E-state index in [0.29, 0.717) is 13.2 Å². The second-order valence-electron chi connectivity index (χ2n) is 12.9. The van der Waals surface area contributed by atoms with E-state index in [-0.39, 0.29) is 31.0 Å². The average Bonchev–Trinajstić information content (AvgIpc) is 3.42. The lowest BCUT2D eigenvalue weighted by atomic mass is 9.97. The standard InChI is InChI=1S/C40H47N3O6/c1-7-47-36(48-8-2)27-42(26-29-21-23-41-24-22-29)38(44)35(25-28-17-19-30(20-18-28)49-40(3,4)5)43(39(45)46-6)37-33-15-11-9-13-31(33)32-14-10-12-16-34(32)37/h9-24,35-37H,7-8,25-27H2,1-6H3. The number of carbonyl (C=O) groups excluding carboxylic acids is 2. The van der Waals surface area contributed by atoms with Crippen LogP contribution in [0, 0.1) is 0 Å². The average molecular weight is 666 g/mol. The number of carbonyl (C=O) groups is 2. The third-order valence-corrected chi connectivity index (χ3v) is 8.37. The number of hydrogen-bond donors (Lipinski definition) is 0. The Bertz CT molecular complexity index is 1640. The molecule has 0 saturated heterocycles. The molecule has 1 unspecified atom stereocenters. The lowest BCUT2D eigenvalue weighted by molar-refractivity contribution is -0.162. The van der Waals surface area contributed by atoms with Gasteiger partial charge in [-0.1, -0.05) is 60.7 Å². The third kappa shape index (κ3) is 8.66. The van der Waals surface area contributed by atoms with Gasteiger partial charge in [-0.25, -0.2) is 4.79 Å². The van der Waals surface area contributed by atoms with Gasteiger partial charge in [-0.15, -0.1) is 0 Å². The zero-order chi connectivity index (χ0) is 35.0. The SMILES string of the molecule is CCOC(CN(Cc1ccncc1)C(=O)C(Cc1ccc(OC(C)(C)C)cc1)N(C(=O)OC)C1c2ccccc2-c2ccccc21)OCC. The van der Waals surface area contributed by atoms with E-state index in [4.69, 9.17) is 18.9 Å². The monoisotopic (exact) mass is 665 g/mol. The fourth-order valence-electron chi connectivity index (χ4n) is 6.38. The van der Waals surface area contributed by atoms with Gasteiger partial charge < -0.3 is 23.8 Å². The number of hydrogen-bond acceptors (Lipinski definition) is 7. The minimum absolute atomic E-state index is 0.157. The fourth-order valence-corrected chi connectivity index (χ4v) is 6.38.